The van der Waals surface area contributed by atoms with Crippen molar-refractivity contribution in [2.45, 2.75) is 51.1 Å². The second-order valence-electron chi connectivity index (χ2n) is 6.11. The fourth-order valence-electron chi connectivity index (χ4n) is 3.60. The van der Waals surface area contributed by atoms with Gasteiger partial charge in [0.1, 0.15) is 5.78 Å². The van der Waals surface area contributed by atoms with E-state index in [1.54, 1.807) is 6.92 Å². The molecule has 2 fully saturated rings. The third-order valence-electron chi connectivity index (χ3n) is 4.57. The summed E-state index contributed by atoms with van der Waals surface area (Å²) in [4.78, 5) is 16.1. The molecule has 0 N–H and O–H groups in total. The standard InChI is InChI=1S/C14H26N2O/c1-11(17)7-14-9-12(10-16(14)3)8-13-5-4-6-15(13)2/h12-14H,4-10H2,1-3H3/t12?,13-,14?/m0/s1. The summed E-state index contributed by atoms with van der Waals surface area (Å²) >= 11 is 0. The van der Waals surface area contributed by atoms with Gasteiger partial charge in [0.25, 0.3) is 0 Å². The zero-order chi connectivity index (χ0) is 12.4. The molecule has 2 aliphatic rings. The lowest BCUT2D eigenvalue weighted by atomic mass is 9.94. The highest BCUT2D eigenvalue weighted by molar-refractivity contribution is 5.76. The van der Waals surface area contributed by atoms with E-state index < -0.39 is 0 Å². The molecule has 0 bridgehead atoms. The number of carbonyl (C=O) groups is 1. The lowest BCUT2D eigenvalue weighted by molar-refractivity contribution is -0.117. The predicted octanol–water partition coefficient (Wildman–Crippen LogP) is 1.77. The zero-order valence-electron chi connectivity index (χ0n) is 11.5. The minimum absolute atomic E-state index is 0.334. The minimum atomic E-state index is 0.334. The van der Waals surface area contributed by atoms with Crippen molar-refractivity contribution in [3.63, 3.8) is 0 Å². The largest absolute Gasteiger partial charge is 0.303 e. The number of hydrogen-bond acceptors (Lipinski definition) is 3. The van der Waals surface area contributed by atoms with E-state index in [2.05, 4.69) is 23.9 Å². The summed E-state index contributed by atoms with van der Waals surface area (Å²) in [5.41, 5.74) is 0. The van der Waals surface area contributed by atoms with E-state index in [9.17, 15) is 4.79 Å². The van der Waals surface area contributed by atoms with Crippen LogP contribution in [0.4, 0.5) is 0 Å². The van der Waals surface area contributed by atoms with Crippen LogP contribution in [0.1, 0.15) is 39.0 Å². The van der Waals surface area contributed by atoms with Gasteiger partial charge in [-0.15, -0.1) is 0 Å². The van der Waals surface area contributed by atoms with Gasteiger partial charge in [-0.25, -0.2) is 0 Å². The molecule has 0 aliphatic carbocycles. The van der Waals surface area contributed by atoms with Crippen molar-refractivity contribution < 1.29 is 4.79 Å². The average Bonchev–Trinajstić information content (AvgIpc) is 2.76. The Balaban J connectivity index is 1.82. The van der Waals surface area contributed by atoms with Gasteiger partial charge in [0, 0.05) is 25.0 Å². The van der Waals surface area contributed by atoms with Crippen LogP contribution in [0.5, 0.6) is 0 Å². The summed E-state index contributed by atoms with van der Waals surface area (Å²) in [7, 11) is 4.43. The molecule has 0 saturated carbocycles. The molecule has 0 aromatic heterocycles. The molecule has 0 amide bonds. The van der Waals surface area contributed by atoms with E-state index in [1.165, 1.54) is 38.8 Å². The van der Waals surface area contributed by atoms with E-state index in [4.69, 9.17) is 0 Å². The molecule has 3 nitrogen and oxygen atoms in total. The Hall–Kier alpha value is -0.410. The molecule has 3 atom stereocenters. The molecule has 2 heterocycles. The third kappa shape index (κ3) is 3.29. The number of ketones is 1. The Labute approximate surface area is 105 Å². The molecule has 3 heteroatoms. The van der Waals surface area contributed by atoms with Gasteiger partial charge in [-0.1, -0.05) is 0 Å². The van der Waals surface area contributed by atoms with E-state index in [1.807, 2.05) is 0 Å². The molecule has 0 aromatic carbocycles. The van der Waals surface area contributed by atoms with E-state index >= 15 is 0 Å². The summed E-state index contributed by atoms with van der Waals surface area (Å²) < 4.78 is 0. The minimum Gasteiger partial charge on any atom is -0.303 e. The van der Waals surface area contributed by atoms with Gasteiger partial charge in [-0.05, 0) is 59.2 Å². The molecule has 2 saturated heterocycles. The van der Waals surface area contributed by atoms with Crippen molar-refractivity contribution >= 4 is 5.78 Å². The van der Waals surface area contributed by atoms with Crippen LogP contribution < -0.4 is 0 Å². The number of rotatable bonds is 4. The topological polar surface area (TPSA) is 23.6 Å². The third-order valence-corrected chi connectivity index (χ3v) is 4.57. The van der Waals surface area contributed by atoms with Crippen LogP contribution in [0.3, 0.4) is 0 Å². The van der Waals surface area contributed by atoms with E-state index in [0.29, 0.717) is 11.8 Å². The second-order valence-corrected chi connectivity index (χ2v) is 6.11. The smallest absolute Gasteiger partial charge is 0.131 e. The quantitative estimate of drug-likeness (QED) is 0.746. The molecule has 17 heavy (non-hydrogen) atoms. The first-order chi connectivity index (χ1) is 8.06. The van der Waals surface area contributed by atoms with Crippen LogP contribution in [0.15, 0.2) is 0 Å². The lowest BCUT2D eigenvalue weighted by Crippen LogP contribution is -2.28. The first-order valence-corrected chi connectivity index (χ1v) is 6.96. The fourth-order valence-corrected chi connectivity index (χ4v) is 3.60. The van der Waals surface area contributed by atoms with Gasteiger partial charge >= 0.3 is 0 Å². The maximum Gasteiger partial charge on any atom is 0.131 e. The SMILES string of the molecule is CC(=O)CC1CC(C[C@@H]2CCCN2C)CN1C. The summed E-state index contributed by atoms with van der Waals surface area (Å²) in [6, 6.07) is 1.30. The Morgan fingerprint density at radius 3 is 2.59 bits per heavy atom. The summed E-state index contributed by atoms with van der Waals surface area (Å²) in [6.07, 6.45) is 6.03. The predicted molar refractivity (Wildman–Crippen MR) is 70.1 cm³/mol. The molecule has 0 spiro atoms. The zero-order valence-corrected chi connectivity index (χ0v) is 11.5. The first-order valence-electron chi connectivity index (χ1n) is 6.96. The molecular formula is C14H26N2O. The van der Waals surface area contributed by atoms with Gasteiger partial charge in [0.05, 0.1) is 0 Å². The van der Waals surface area contributed by atoms with Crippen LogP contribution >= 0.6 is 0 Å². The number of carbonyl (C=O) groups excluding carboxylic acids is 1. The van der Waals surface area contributed by atoms with Gasteiger partial charge in [-0.2, -0.15) is 0 Å². The number of Topliss-reactive ketones (excluding diaryl/α,β-unsaturated/α-hetero) is 1. The molecule has 0 radical (unpaired) electrons. The van der Waals surface area contributed by atoms with Crippen molar-refractivity contribution in [3.8, 4) is 0 Å². The van der Waals surface area contributed by atoms with Crippen molar-refractivity contribution in [2.75, 3.05) is 27.2 Å². The summed E-state index contributed by atoms with van der Waals surface area (Å²) in [5, 5.41) is 0. The molecule has 2 rings (SSSR count). The maximum atomic E-state index is 11.2. The van der Waals surface area contributed by atoms with Gasteiger partial charge in [-0.3, -0.25) is 4.79 Å². The van der Waals surface area contributed by atoms with Crippen LogP contribution in [-0.4, -0.2) is 54.9 Å². The fraction of sp³-hybridized carbons (Fsp3) is 0.929. The highest BCUT2D eigenvalue weighted by Crippen LogP contribution is 2.31. The normalized spacial score (nSPS) is 35.6. The maximum absolute atomic E-state index is 11.2. The number of nitrogens with zero attached hydrogens (tertiary/aromatic N) is 2. The number of hydrogen-bond donors (Lipinski definition) is 0. The Morgan fingerprint density at radius 2 is 2.00 bits per heavy atom. The Bertz CT molecular complexity index is 279. The summed E-state index contributed by atoms with van der Waals surface area (Å²) in [6.45, 7) is 4.16. The monoisotopic (exact) mass is 238 g/mol. The van der Waals surface area contributed by atoms with Crippen LogP contribution in [0.2, 0.25) is 0 Å². The van der Waals surface area contributed by atoms with Crippen LogP contribution in [-0.2, 0) is 4.79 Å². The molecule has 2 aliphatic heterocycles. The summed E-state index contributed by atoms with van der Waals surface area (Å²) in [5.74, 6) is 1.13. The Kier molecular flexibility index (Phi) is 4.21. The highest BCUT2D eigenvalue weighted by atomic mass is 16.1. The van der Waals surface area contributed by atoms with Crippen molar-refractivity contribution in [1.29, 1.82) is 0 Å². The Morgan fingerprint density at radius 1 is 1.24 bits per heavy atom. The van der Waals surface area contributed by atoms with E-state index in [0.717, 1.165) is 18.4 Å². The first kappa shape index (κ1) is 13.0. The molecule has 0 aromatic rings. The van der Waals surface area contributed by atoms with Crippen molar-refractivity contribution in [3.05, 3.63) is 0 Å². The van der Waals surface area contributed by atoms with Gasteiger partial charge < -0.3 is 9.80 Å². The highest BCUT2D eigenvalue weighted by Gasteiger charge is 2.33. The van der Waals surface area contributed by atoms with Gasteiger partial charge in [0.15, 0.2) is 0 Å². The van der Waals surface area contributed by atoms with Crippen LogP contribution in [0, 0.1) is 5.92 Å². The van der Waals surface area contributed by atoms with E-state index in [-0.39, 0.29) is 0 Å². The van der Waals surface area contributed by atoms with Crippen molar-refractivity contribution in [1.82, 2.24) is 9.80 Å². The van der Waals surface area contributed by atoms with Gasteiger partial charge in [0.2, 0.25) is 0 Å². The molecular weight excluding hydrogens is 212 g/mol. The molecule has 2 unspecified atom stereocenters. The average molecular weight is 238 g/mol. The lowest BCUT2D eigenvalue weighted by Gasteiger charge is -2.22. The van der Waals surface area contributed by atoms with Crippen LogP contribution in [0.25, 0.3) is 0 Å². The number of likely N-dealkylation sites (tertiary alicyclic amines) is 2. The van der Waals surface area contributed by atoms with Crippen molar-refractivity contribution in [2.24, 2.45) is 5.92 Å². The molecule has 98 valence electrons. The second kappa shape index (κ2) is 5.49.